The summed E-state index contributed by atoms with van der Waals surface area (Å²) >= 11 is 9.14. The Labute approximate surface area is 218 Å². The summed E-state index contributed by atoms with van der Waals surface area (Å²) in [6.45, 7) is 2.26. The van der Waals surface area contributed by atoms with Crippen LogP contribution in [-0.2, 0) is 27.5 Å². The number of thiophene rings is 1. The third-order valence-electron chi connectivity index (χ3n) is 6.26. The van der Waals surface area contributed by atoms with Crippen LogP contribution in [0.2, 0.25) is 5.02 Å². The molecule has 1 aliphatic rings. The highest BCUT2D eigenvalue weighted by Gasteiger charge is 2.27. The van der Waals surface area contributed by atoms with Crippen molar-refractivity contribution >= 4 is 65.2 Å². The number of nitrogens with one attached hydrogen (secondary N) is 1. The molecule has 2 heterocycles. The summed E-state index contributed by atoms with van der Waals surface area (Å²) in [6, 6.07) is 14.2. The Balaban J connectivity index is 1.34. The van der Waals surface area contributed by atoms with Crippen LogP contribution in [0.5, 0.6) is 0 Å². The minimum Gasteiger partial charge on any atom is -0.317 e. The van der Waals surface area contributed by atoms with E-state index in [4.69, 9.17) is 16.6 Å². The molecule has 1 N–H and O–H groups in total. The van der Waals surface area contributed by atoms with Crippen molar-refractivity contribution in [2.75, 3.05) is 11.1 Å². The lowest BCUT2D eigenvalue weighted by Gasteiger charge is -2.18. The minimum absolute atomic E-state index is 0.0920. The van der Waals surface area contributed by atoms with Crippen LogP contribution in [0, 0.1) is 5.92 Å². The molecule has 1 aliphatic carbocycles. The smallest absolute Gasteiger partial charge is 0.225 e. The van der Waals surface area contributed by atoms with E-state index in [1.54, 1.807) is 34.8 Å². The van der Waals surface area contributed by atoms with Gasteiger partial charge in [0.1, 0.15) is 10.0 Å². The number of carbonyl (C=O) groups is 1. The van der Waals surface area contributed by atoms with E-state index in [2.05, 4.69) is 18.3 Å². The van der Waals surface area contributed by atoms with Crippen molar-refractivity contribution in [1.82, 2.24) is 4.98 Å². The molecule has 5 nitrogen and oxygen atoms in total. The summed E-state index contributed by atoms with van der Waals surface area (Å²) in [7, 11) is -3.46. The fourth-order valence-corrected chi connectivity index (χ4v) is 8.39. The maximum Gasteiger partial charge on any atom is 0.225 e. The summed E-state index contributed by atoms with van der Waals surface area (Å²) in [5.41, 5.74) is 3.30. The van der Waals surface area contributed by atoms with Gasteiger partial charge in [0.15, 0.2) is 9.84 Å². The Bertz CT molecular complexity index is 1460. The van der Waals surface area contributed by atoms with Gasteiger partial charge < -0.3 is 5.32 Å². The van der Waals surface area contributed by atoms with Crippen LogP contribution in [-0.4, -0.2) is 25.1 Å². The molecule has 0 aliphatic heterocycles. The molecule has 0 fully saturated rings. The number of hydrogen-bond acceptors (Lipinski definition) is 6. The Morgan fingerprint density at radius 2 is 1.91 bits per heavy atom. The number of amides is 1. The summed E-state index contributed by atoms with van der Waals surface area (Å²) in [5, 5.41) is 5.34. The van der Waals surface area contributed by atoms with E-state index in [-0.39, 0.29) is 29.4 Å². The van der Waals surface area contributed by atoms with Gasteiger partial charge in [-0.3, -0.25) is 4.79 Å². The van der Waals surface area contributed by atoms with Crippen LogP contribution in [0.3, 0.4) is 0 Å². The molecule has 0 saturated carbocycles. The Morgan fingerprint density at radius 3 is 2.69 bits per heavy atom. The van der Waals surface area contributed by atoms with Crippen molar-refractivity contribution in [2.45, 2.75) is 43.9 Å². The highest BCUT2D eigenvalue weighted by Crippen LogP contribution is 2.47. The molecule has 0 saturated heterocycles. The third-order valence-corrected chi connectivity index (χ3v) is 10.6. The van der Waals surface area contributed by atoms with E-state index in [1.165, 1.54) is 22.6 Å². The first-order valence-corrected chi connectivity index (χ1v) is 15.2. The number of aromatic nitrogens is 1. The van der Waals surface area contributed by atoms with Crippen LogP contribution in [0.15, 0.2) is 53.4 Å². The summed E-state index contributed by atoms with van der Waals surface area (Å²) < 4.78 is 26.3. The zero-order valence-electron chi connectivity index (χ0n) is 19.2. The zero-order chi connectivity index (χ0) is 24.6. The summed E-state index contributed by atoms with van der Waals surface area (Å²) in [5.74, 6) is 0.349. The average Bonchev–Trinajstić information content (AvgIpc) is 3.39. The standard InChI is InChI=1S/C26H25ClN2O3S3/c1-16-8-13-19-22(15-16)34-26(24(19)25-28-20-5-2-3-6-21(20)33-25)29-23(30)7-4-14-35(31,32)18-11-9-17(27)10-12-18/h2-3,5-6,9-12,16H,4,7-8,13-15H2,1H3,(H,29,30). The SMILES string of the molecule is CC1CCc2c(sc(NC(=O)CCCS(=O)(=O)c3ccc(Cl)cc3)c2-c2nc3ccccc3s2)C1. The normalized spacial score (nSPS) is 15.8. The van der Waals surface area contributed by atoms with E-state index in [0.717, 1.165) is 45.1 Å². The first-order chi connectivity index (χ1) is 16.8. The van der Waals surface area contributed by atoms with Gasteiger partial charge in [-0.1, -0.05) is 30.7 Å². The molecular weight excluding hydrogens is 520 g/mol. The van der Waals surface area contributed by atoms with Crippen LogP contribution in [0.1, 0.15) is 36.6 Å². The van der Waals surface area contributed by atoms with Crippen molar-refractivity contribution in [3.63, 3.8) is 0 Å². The van der Waals surface area contributed by atoms with Gasteiger partial charge in [0.2, 0.25) is 5.91 Å². The molecule has 0 spiro atoms. The Morgan fingerprint density at radius 1 is 1.14 bits per heavy atom. The van der Waals surface area contributed by atoms with E-state index < -0.39 is 9.84 Å². The number of rotatable bonds is 7. The van der Waals surface area contributed by atoms with E-state index in [0.29, 0.717) is 10.9 Å². The molecule has 2 aromatic carbocycles. The van der Waals surface area contributed by atoms with Crippen LogP contribution >= 0.6 is 34.3 Å². The predicted octanol–water partition coefficient (Wildman–Crippen LogP) is 7.00. The Hall–Kier alpha value is -2.26. The molecule has 5 rings (SSSR count). The number of fused-ring (bicyclic) bond motifs is 2. The van der Waals surface area contributed by atoms with Gasteiger partial charge in [-0.05, 0) is 73.6 Å². The van der Waals surface area contributed by atoms with E-state index >= 15 is 0 Å². The number of anilines is 1. The van der Waals surface area contributed by atoms with Gasteiger partial charge in [0.05, 0.1) is 20.9 Å². The maximum atomic E-state index is 12.9. The van der Waals surface area contributed by atoms with Gasteiger partial charge in [-0.15, -0.1) is 22.7 Å². The molecule has 1 amide bonds. The second kappa shape index (κ2) is 10.0. The quantitative estimate of drug-likeness (QED) is 0.272. The third kappa shape index (κ3) is 5.31. The fourth-order valence-electron chi connectivity index (χ4n) is 4.42. The van der Waals surface area contributed by atoms with Crippen molar-refractivity contribution < 1.29 is 13.2 Å². The van der Waals surface area contributed by atoms with E-state index in [1.807, 2.05) is 18.2 Å². The number of nitrogens with zero attached hydrogens (tertiary/aromatic N) is 1. The summed E-state index contributed by atoms with van der Waals surface area (Å²) in [4.78, 5) is 19.3. The van der Waals surface area contributed by atoms with Crippen molar-refractivity contribution in [3.05, 3.63) is 64.0 Å². The first kappa shape index (κ1) is 24.4. The van der Waals surface area contributed by atoms with Gasteiger partial charge in [-0.25, -0.2) is 13.4 Å². The molecule has 1 unspecified atom stereocenters. The largest absolute Gasteiger partial charge is 0.317 e. The van der Waals surface area contributed by atoms with E-state index in [9.17, 15) is 13.2 Å². The lowest BCUT2D eigenvalue weighted by atomic mass is 9.88. The number of para-hydroxylation sites is 1. The molecule has 1 atom stereocenters. The van der Waals surface area contributed by atoms with Crippen LogP contribution in [0.25, 0.3) is 20.8 Å². The molecule has 0 bridgehead atoms. The van der Waals surface area contributed by atoms with Crippen molar-refractivity contribution in [1.29, 1.82) is 0 Å². The molecule has 0 radical (unpaired) electrons. The Kier molecular flexibility index (Phi) is 6.99. The van der Waals surface area contributed by atoms with Gasteiger partial charge in [-0.2, -0.15) is 0 Å². The van der Waals surface area contributed by atoms with Crippen molar-refractivity contribution in [3.8, 4) is 10.6 Å². The number of carbonyl (C=O) groups excluding carboxylic acids is 1. The molecule has 35 heavy (non-hydrogen) atoms. The monoisotopic (exact) mass is 544 g/mol. The minimum atomic E-state index is -3.46. The maximum absolute atomic E-state index is 12.9. The van der Waals surface area contributed by atoms with Crippen LogP contribution < -0.4 is 5.32 Å². The number of sulfone groups is 1. The van der Waals surface area contributed by atoms with Gasteiger partial charge in [0.25, 0.3) is 0 Å². The highest BCUT2D eigenvalue weighted by molar-refractivity contribution is 7.91. The second-order valence-corrected chi connectivity index (χ2v) is 13.6. The second-order valence-electron chi connectivity index (χ2n) is 8.97. The average molecular weight is 545 g/mol. The lowest BCUT2D eigenvalue weighted by Crippen LogP contribution is -2.14. The molecule has 182 valence electrons. The van der Waals surface area contributed by atoms with Gasteiger partial charge >= 0.3 is 0 Å². The van der Waals surface area contributed by atoms with Crippen LogP contribution in [0.4, 0.5) is 5.00 Å². The summed E-state index contributed by atoms with van der Waals surface area (Å²) in [6.07, 6.45) is 3.48. The van der Waals surface area contributed by atoms with Gasteiger partial charge in [0, 0.05) is 21.9 Å². The van der Waals surface area contributed by atoms with Crippen molar-refractivity contribution in [2.24, 2.45) is 5.92 Å². The lowest BCUT2D eigenvalue weighted by molar-refractivity contribution is -0.116. The molecular formula is C26H25ClN2O3S3. The number of benzene rings is 2. The molecule has 4 aromatic rings. The number of thiazole rings is 1. The number of hydrogen-bond donors (Lipinski definition) is 1. The fraction of sp³-hybridized carbons (Fsp3) is 0.308. The topological polar surface area (TPSA) is 76.1 Å². The number of halogens is 1. The molecule has 2 aromatic heterocycles. The zero-order valence-corrected chi connectivity index (χ0v) is 22.4. The molecule has 9 heteroatoms. The predicted molar refractivity (Wildman–Crippen MR) is 145 cm³/mol. The first-order valence-electron chi connectivity index (χ1n) is 11.6. The highest BCUT2D eigenvalue weighted by atomic mass is 35.5.